The van der Waals surface area contributed by atoms with Crippen molar-refractivity contribution in [3.05, 3.63) is 23.7 Å². The highest BCUT2D eigenvalue weighted by Gasteiger charge is 2.30. The van der Waals surface area contributed by atoms with Crippen LogP contribution in [0.5, 0.6) is 0 Å². The Bertz CT molecular complexity index is 888. The number of anilines is 1. The van der Waals surface area contributed by atoms with Crippen molar-refractivity contribution >= 4 is 23.4 Å². The molecule has 152 valence electrons. The third kappa shape index (κ3) is 4.33. The maximum atomic E-state index is 11.8. The molecular weight excluding hydrogens is 364 g/mol. The van der Waals surface area contributed by atoms with Crippen molar-refractivity contribution in [2.45, 2.75) is 45.7 Å². The van der Waals surface area contributed by atoms with E-state index >= 15 is 0 Å². The van der Waals surface area contributed by atoms with Gasteiger partial charge in [0, 0.05) is 12.1 Å². The number of hydrogen-bond donors (Lipinski definition) is 3. The number of carbonyl (C=O) groups is 2. The van der Waals surface area contributed by atoms with Gasteiger partial charge in [0.05, 0.1) is 17.9 Å². The molecule has 3 heterocycles. The van der Waals surface area contributed by atoms with E-state index in [1.165, 1.54) is 6.33 Å². The van der Waals surface area contributed by atoms with Crippen LogP contribution in [0.15, 0.2) is 12.4 Å². The molecule has 0 aliphatic carbocycles. The van der Waals surface area contributed by atoms with Crippen LogP contribution in [0.3, 0.4) is 0 Å². The van der Waals surface area contributed by atoms with Gasteiger partial charge in [-0.1, -0.05) is 20.8 Å². The topological polar surface area (TPSA) is 147 Å². The zero-order chi connectivity index (χ0) is 20.5. The third-order valence-electron chi connectivity index (χ3n) is 4.50. The van der Waals surface area contributed by atoms with Gasteiger partial charge in [0.25, 0.3) is 5.91 Å². The minimum atomic E-state index is -0.676. The molecule has 2 aromatic rings. The van der Waals surface area contributed by atoms with E-state index in [1.54, 1.807) is 10.6 Å². The lowest BCUT2D eigenvalue weighted by Gasteiger charge is -2.18. The summed E-state index contributed by atoms with van der Waals surface area (Å²) in [5.41, 5.74) is 12.7. The lowest BCUT2D eigenvalue weighted by molar-refractivity contribution is 0.0289. The van der Waals surface area contributed by atoms with E-state index in [0.29, 0.717) is 12.1 Å². The van der Waals surface area contributed by atoms with Gasteiger partial charge in [0.15, 0.2) is 5.82 Å². The number of nitrogen functional groups attached to an aromatic ring is 1. The number of nitrogens with two attached hydrogens (primary N) is 2. The molecule has 0 spiro atoms. The number of nitrogens with zero attached hydrogens (tertiary/aromatic N) is 3. The number of amides is 1. The lowest BCUT2D eigenvalue weighted by Crippen LogP contribution is -2.31. The molecule has 1 saturated heterocycles. The van der Waals surface area contributed by atoms with Crippen LogP contribution < -0.4 is 16.8 Å². The van der Waals surface area contributed by atoms with E-state index in [4.69, 9.17) is 20.9 Å². The fourth-order valence-electron chi connectivity index (χ4n) is 3.20. The Morgan fingerprint density at radius 1 is 1.32 bits per heavy atom. The normalized spacial score (nSPS) is 19.7. The van der Waals surface area contributed by atoms with Crippen molar-refractivity contribution in [1.82, 2.24) is 19.9 Å². The van der Waals surface area contributed by atoms with Crippen molar-refractivity contribution in [1.29, 1.82) is 0 Å². The summed E-state index contributed by atoms with van der Waals surface area (Å²) >= 11 is 0. The Morgan fingerprint density at radius 3 is 2.75 bits per heavy atom. The molecule has 2 atom stereocenters. The molecule has 28 heavy (non-hydrogen) atoms. The van der Waals surface area contributed by atoms with Gasteiger partial charge < -0.3 is 26.3 Å². The first-order valence-corrected chi connectivity index (χ1v) is 9.13. The van der Waals surface area contributed by atoms with Gasteiger partial charge in [0.2, 0.25) is 0 Å². The van der Waals surface area contributed by atoms with Crippen molar-refractivity contribution in [2.24, 2.45) is 11.1 Å². The maximum Gasteiger partial charge on any atom is 0.508 e. The summed E-state index contributed by atoms with van der Waals surface area (Å²) in [5, 5.41) is 7.60. The molecule has 0 saturated carbocycles. The summed E-state index contributed by atoms with van der Waals surface area (Å²) < 4.78 is 11.9. The molecule has 1 aliphatic heterocycles. The SMILES string of the molecule is CC(C)(C)COC(=O)OC[C@@H]1CC[C@H](c2cc(C(N)=O)c3c(N)ncnn23)N1. The second-order valence-electron chi connectivity index (χ2n) is 8.16. The standard InChI is InChI=1S/C18H26N6O4/c1-18(2,3)8-28-17(26)27-7-10-4-5-12(23-10)13-6-11(16(20)25)14-15(19)21-9-22-24(13)14/h6,9-10,12,23H,4-5,7-8H2,1-3H3,(H2,20,25)(H2,19,21,22)/t10-,12+/m0/s1. The highest BCUT2D eigenvalue weighted by Crippen LogP contribution is 2.30. The predicted octanol–water partition coefficient (Wildman–Crippen LogP) is 1.40. The first-order chi connectivity index (χ1) is 13.2. The Balaban J connectivity index is 1.65. The summed E-state index contributed by atoms with van der Waals surface area (Å²) in [6, 6.07) is 1.56. The number of aromatic nitrogens is 3. The number of nitrogens with one attached hydrogen (secondary N) is 1. The fraction of sp³-hybridized carbons (Fsp3) is 0.556. The predicted molar refractivity (Wildman–Crippen MR) is 102 cm³/mol. The van der Waals surface area contributed by atoms with E-state index < -0.39 is 12.1 Å². The molecule has 10 nitrogen and oxygen atoms in total. The van der Waals surface area contributed by atoms with Crippen LogP contribution in [0, 0.1) is 5.41 Å². The number of primary amides is 1. The zero-order valence-corrected chi connectivity index (χ0v) is 16.3. The van der Waals surface area contributed by atoms with E-state index in [1.807, 2.05) is 20.8 Å². The molecular formula is C18H26N6O4. The number of hydrogen-bond acceptors (Lipinski definition) is 8. The monoisotopic (exact) mass is 390 g/mol. The van der Waals surface area contributed by atoms with Crippen LogP contribution in [-0.2, 0) is 9.47 Å². The number of ether oxygens (including phenoxy) is 2. The number of fused-ring (bicyclic) bond motifs is 1. The fourth-order valence-corrected chi connectivity index (χ4v) is 3.20. The molecule has 0 aromatic carbocycles. The van der Waals surface area contributed by atoms with Crippen LogP contribution in [-0.4, -0.2) is 45.9 Å². The Morgan fingerprint density at radius 2 is 2.07 bits per heavy atom. The van der Waals surface area contributed by atoms with Crippen LogP contribution in [0.2, 0.25) is 0 Å². The number of carbonyl (C=O) groups excluding carboxylic acids is 2. The van der Waals surface area contributed by atoms with Crippen LogP contribution in [0.4, 0.5) is 10.6 Å². The zero-order valence-electron chi connectivity index (χ0n) is 16.3. The first-order valence-electron chi connectivity index (χ1n) is 9.13. The molecule has 1 fully saturated rings. The highest BCUT2D eigenvalue weighted by molar-refractivity contribution is 6.02. The van der Waals surface area contributed by atoms with Gasteiger partial charge in [-0.3, -0.25) is 4.79 Å². The first kappa shape index (κ1) is 19.9. The minimum Gasteiger partial charge on any atom is -0.434 e. The Kier molecular flexibility index (Phi) is 5.41. The molecule has 10 heteroatoms. The second kappa shape index (κ2) is 7.63. The van der Waals surface area contributed by atoms with Gasteiger partial charge in [-0.2, -0.15) is 5.10 Å². The van der Waals surface area contributed by atoms with Gasteiger partial charge in [-0.25, -0.2) is 14.3 Å². The molecule has 0 radical (unpaired) electrons. The average molecular weight is 390 g/mol. The van der Waals surface area contributed by atoms with Gasteiger partial charge >= 0.3 is 6.16 Å². The summed E-state index contributed by atoms with van der Waals surface area (Å²) in [4.78, 5) is 27.4. The van der Waals surface area contributed by atoms with E-state index in [0.717, 1.165) is 18.5 Å². The van der Waals surface area contributed by atoms with Crippen molar-refractivity contribution in [3.8, 4) is 0 Å². The summed E-state index contributed by atoms with van der Waals surface area (Å²) in [7, 11) is 0. The summed E-state index contributed by atoms with van der Waals surface area (Å²) in [5.74, 6) is -0.403. The summed E-state index contributed by atoms with van der Waals surface area (Å²) in [6.45, 7) is 6.41. The molecule has 1 amide bonds. The maximum absolute atomic E-state index is 11.8. The summed E-state index contributed by atoms with van der Waals surface area (Å²) in [6.07, 6.45) is 2.22. The Hall–Kier alpha value is -2.88. The number of rotatable bonds is 5. The molecule has 3 rings (SSSR count). The molecule has 0 bridgehead atoms. The Labute approximate surface area is 162 Å². The van der Waals surface area contributed by atoms with Gasteiger partial charge in [0.1, 0.15) is 18.5 Å². The minimum absolute atomic E-state index is 0.0334. The molecule has 2 aromatic heterocycles. The molecule has 5 N–H and O–H groups in total. The van der Waals surface area contributed by atoms with Crippen LogP contribution in [0.1, 0.15) is 55.7 Å². The lowest BCUT2D eigenvalue weighted by atomic mass is 9.99. The smallest absolute Gasteiger partial charge is 0.434 e. The van der Waals surface area contributed by atoms with E-state index in [2.05, 4.69) is 15.4 Å². The van der Waals surface area contributed by atoms with Crippen molar-refractivity contribution in [3.63, 3.8) is 0 Å². The van der Waals surface area contributed by atoms with Gasteiger partial charge in [-0.05, 0) is 24.3 Å². The second-order valence-corrected chi connectivity index (χ2v) is 8.16. The molecule has 1 aliphatic rings. The van der Waals surface area contributed by atoms with Crippen LogP contribution in [0.25, 0.3) is 5.52 Å². The van der Waals surface area contributed by atoms with E-state index in [-0.39, 0.29) is 35.5 Å². The highest BCUT2D eigenvalue weighted by atomic mass is 16.7. The largest absolute Gasteiger partial charge is 0.508 e. The van der Waals surface area contributed by atoms with Crippen LogP contribution >= 0.6 is 0 Å². The average Bonchev–Trinajstić information content (AvgIpc) is 3.22. The van der Waals surface area contributed by atoms with Crippen molar-refractivity contribution < 1.29 is 19.1 Å². The van der Waals surface area contributed by atoms with E-state index in [9.17, 15) is 9.59 Å². The third-order valence-corrected chi connectivity index (χ3v) is 4.50. The molecule has 0 unspecified atom stereocenters. The van der Waals surface area contributed by atoms with Gasteiger partial charge in [-0.15, -0.1) is 0 Å². The quantitative estimate of drug-likeness (QED) is 0.649. The van der Waals surface area contributed by atoms with Crippen molar-refractivity contribution in [2.75, 3.05) is 18.9 Å².